The quantitative estimate of drug-likeness (QED) is 0.748. The van der Waals surface area contributed by atoms with Gasteiger partial charge in [-0.2, -0.15) is 0 Å². The third-order valence-electron chi connectivity index (χ3n) is 4.39. The molecule has 1 fully saturated rings. The second kappa shape index (κ2) is 5.72. The van der Waals surface area contributed by atoms with Gasteiger partial charge in [-0.3, -0.25) is 4.99 Å². The molecule has 1 aromatic rings. The Kier molecular flexibility index (Phi) is 4.14. The molecule has 2 aliphatic rings. The second-order valence-electron chi connectivity index (χ2n) is 6.17. The van der Waals surface area contributed by atoms with E-state index in [0.717, 1.165) is 27.0 Å². The van der Waals surface area contributed by atoms with Crippen molar-refractivity contribution < 1.29 is 0 Å². The summed E-state index contributed by atoms with van der Waals surface area (Å²) in [5.41, 5.74) is 2.62. The van der Waals surface area contributed by atoms with Gasteiger partial charge in [-0.05, 0) is 43.4 Å². The highest BCUT2D eigenvalue weighted by Gasteiger charge is 2.39. The van der Waals surface area contributed by atoms with Gasteiger partial charge < -0.3 is 5.32 Å². The molecule has 2 unspecified atom stereocenters. The third kappa shape index (κ3) is 2.91. The van der Waals surface area contributed by atoms with Crippen LogP contribution in [0.4, 0.5) is 5.69 Å². The Balaban J connectivity index is 1.77. The summed E-state index contributed by atoms with van der Waals surface area (Å²) in [7, 11) is 0. The highest BCUT2D eigenvalue weighted by Crippen LogP contribution is 2.42. The summed E-state index contributed by atoms with van der Waals surface area (Å²) in [6.45, 7) is 4.50. The van der Waals surface area contributed by atoms with E-state index >= 15 is 0 Å². The van der Waals surface area contributed by atoms with Crippen LogP contribution in [0, 0.1) is 12.8 Å². The molecule has 1 aliphatic heterocycles. The number of rotatable bonds is 1. The number of thioether (sulfide) groups is 1. The van der Waals surface area contributed by atoms with Crippen molar-refractivity contribution in [3.63, 3.8) is 0 Å². The fourth-order valence-corrected chi connectivity index (χ4v) is 4.81. The van der Waals surface area contributed by atoms with Gasteiger partial charge in [0, 0.05) is 15.9 Å². The van der Waals surface area contributed by atoms with Gasteiger partial charge in [0.2, 0.25) is 0 Å². The molecule has 1 aliphatic carbocycles. The number of anilines is 1. The molecule has 1 spiro atoms. The zero-order valence-electron chi connectivity index (χ0n) is 12.1. The fourth-order valence-electron chi connectivity index (χ4n) is 3.27. The van der Waals surface area contributed by atoms with E-state index in [4.69, 9.17) is 4.99 Å². The molecule has 1 saturated carbocycles. The molecule has 4 heteroatoms. The van der Waals surface area contributed by atoms with Gasteiger partial charge >= 0.3 is 0 Å². The van der Waals surface area contributed by atoms with Crippen LogP contribution in [0.2, 0.25) is 0 Å². The maximum absolute atomic E-state index is 5.05. The molecular weight excluding hydrogens is 332 g/mol. The number of hydrogen-bond donors (Lipinski definition) is 1. The third-order valence-corrected chi connectivity index (χ3v) is 6.40. The number of nitrogens with one attached hydrogen (secondary N) is 1. The van der Waals surface area contributed by atoms with Crippen molar-refractivity contribution in [2.75, 3.05) is 11.1 Å². The smallest absolute Gasteiger partial charge is 0.161 e. The summed E-state index contributed by atoms with van der Waals surface area (Å²) in [5.74, 6) is 1.97. The number of benzene rings is 1. The van der Waals surface area contributed by atoms with Crippen molar-refractivity contribution in [1.29, 1.82) is 0 Å². The van der Waals surface area contributed by atoms with Crippen LogP contribution in [0.1, 0.15) is 38.2 Å². The molecule has 108 valence electrons. The minimum Gasteiger partial charge on any atom is -0.335 e. The Bertz CT molecular complexity index is 543. The molecule has 20 heavy (non-hydrogen) atoms. The molecule has 0 aromatic heterocycles. The lowest BCUT2D eigenvalue weighted by molar-refractivity contribution is 0.266. The van der Waals surface area contributed by atoms with Gasteiger partial charge in [-0.25, -0.2) is 0 Å². The summed E-state index contributed by atoms with van der Waals surface area (Å²) in [4.78, 5) is 5.05. The summed E-state index contributed by atoms with van der Waals surface area (Å²) in [6.07, 6.45) is 5.21. The molecule has 2 nitrogen and oxygen atoms in total. The molecule has 1 aromatic carbocycles. The van der Waals surface area contributed by atoms with Crippen molar-refractivity contribution >= 4 is 38.5 Å². The SMILES string of the molecule is Cc1c(Br)cccc1NC1=NC2(CCCC(C)C2)CS1. The largest absolute Gasteiger partial charge is 0.335 e. The Morgan fingerprint density at radius 2 is 2.30 bits per heavy atom. The first-order valence-electron chi connectivity index (χ1n) is 7.33. The Morgan fingerprint density at radius 3 is 3.10 bits per heavy atom. The highest BCUT2D eigenvalue weighted by atomic mass is 79.9. The normalized spacial score (nSPS) is 29.6. The molecule has 1 N–H and O–H groups in total. The molecule has 1 heterocycles. The van der Waals surface area contributed by atoms with Gasteiger partial charge in [0.1, 0.15) is 0 Å². The number of halogens is 1. The van der Waals surface area contributed by atoms with Gasteiger partial charge in [-0.15, -0.1) is 0 Å². The first kappa shape index (κ1) is 14.5. The first-order chi connectivity index (χ1) is 9.58. The van der Waals surface area contributed by atoms with Crippen LogP contribution < -0.4 is 5.32 Å². The van der Waals surface area contributed by atoms with E-state index < -0.39 is 0 Å². The predicted molar refractivity (Wildman–Crippen MR) is 92.8 cm³/mol. The van der Waals surface area contributed by atoms with E-state index in [-0.39, 0.29) is 5.54 Å². The van der Waals surface area contributed by atoms with E-state index in [0.29, 0.717) is 0 Å². The van der Waals surface area contributed by atoms with E-state index in [2.05, 4.69) is 53.3 Å². The summed E-state index contributed by atoms with van der Waals surface area (Å²) in [5, 5.41) is 4.62. The minimum absolute atomic E-state index is 0.213. The Hall–Kier alpha value is -0.480. The summed E-state index contributed by atoms with van der Waals surface area (Å²) in [6, 6.07) is 6.27. The van der Waals surface area contributed by atoms with Crippen LogP contribution in [-0.2, 0) is 0 Å². The van der Waals surface area contributed by atoms with Crippen molar-refractivity contribution in [3.05, 3.63) is 28.2 Å². The lowest BCUT2D eigenvalue weighted by Gasteiger charge is -2.33. The van der Waals surface area contributed by atoms with E-state index in [9.17, 15) is 0 Å². The van der Waals surface area contributed by atoms with Crippen LogP contribution in [0.15, 0.2) is 27.7 Å². The number of aliphatic imine (C=N–C) groups is 1. The van der Waals surface area contributed by atoms with Crippen LogP contribution in [0.25, 0.3) is 0 Å². The van der Waals surface area contributed by atoms with E-state index in [1.807, 2.05) is 11.8 Å². The van der Waals surface area contributed by atoms with Crippen LogP contribution >= 0.6 is 27.7 Å². The van der Waals surface area contributed by atoms with Crippen molar-refractivity contribution in [3.8, 4) is 0 Å². The maximum Gasteiger partial charge on any atom is 0.161 e. The van der Waals surface area contributed by atoms with E-state index in [1.54, 1.807) is 0 Å². The monoisotopic (exact) mass is 352 g/mol. The second-order valence-corrected chi connectivity index (χ2v) is 7.99. The van der Waals surface area contributed by atoms with Crippen LogP contribution in [-0.4, -0.2) is 16.5 Å². The molecule has 0 radical (unpaired) electrons. The van der Waals surface area contributed by atoms with Crippen molar-refractivity contribution in [1.82, 2.24) is 0 Å². The predicted octanol–water partition coefficient (Wildman–Crippen LogP) is 5.22. The van der Waals surface area contributed by atoms with Crippen LogP contribution in [0.5, 0.6) is 0 Å². The molecule has 0 saturated heterocycles. The van der Waals surface area contributed by atoms with Gasteiger partial charge in [-0.1, -0.05) is 53.5 Å². The average molecular weight is 353 g/mol. The fraction of sp³-hybridized carbons (Fsp3) is 0.562. The van der Waals surface area contributed by atoms with Gasteiger partial charge in [0.25, 0.3) is 0 Å². The molecule has 2 atom stereocenters. The Morgan fingerprint density at radius 1 is 1.45 bits per heavy atom. The number of amidine groups is 1. The van der Waals surface area contributed by atoms with Crippen molar-refractivity contribution in [2.45, 2.75) is 45.1 Å². The van der Waals surface area contributed by atoms with Crippen LogP contribution in [0.3, 0.4) is 0 Å². The summed E-state index contributed by atoms with van der Waals surface area (Å²) < 4.78 is 1.15. The maximum atomic E-state index is 5.05. The summed E-state index contributed by atoms with van der Waals surface area (Å²) >= 11 is 5.47. The molecular formula is C16H21BrN2S. The highest BCUT2D eigenvalue weighted by molar-refractivity contribution is 9.10. The average Bonchev–Trinajstić information content (AvgIpc) is 2.77. The van der Waals surface area contributed by atoms with Gasteiger partial charge in [0.15, 0.2) is 5.17 Å². The molecule has 0 amide bonds. The van der Waals surface area contributed by atoms with E-state index in [1.165, 1.54) is 31.2 Å². The number of hydrogen-bond acceptors (Lipinski definition) is 3. The molecule has 0 bridgehead atoms. The zero-order valence-corrected chi connectivity index (χ0v) is 14.5. The first-order valence-corrected chi connectivity index (χ1v) is 9.11. The lowest BCUT2D eigenvalue weighted by atomic mass is 9.78. The lowest BCUT2D eigenvalue weighted by Crippen LogP contribution is -2.33. The number of nitrogens with zero attached hydrogens (tertiary/aromatic N) is 1. The van der Waals surface area contributed by atoms with Crippen molar-refractivity contribution in [2.24, 2.45) is 10.9 Å². The Labute approximate surface area is 134 Å². The standard InChI is InChI=1S/C16H21BrN2S/c1-11-5-4-8-16(9-11)10-20-15(19-16)18-14-7-3-6-13(17)12(14)2/h3,6-7,11H,4-5,8-10H2,1-2H3,(H,18,19). The molecule has 3 rings (SSSR count). The van der Waals surface area contributed by atoms with Gasteiger partial charge in [0.05, 0.1) is 5.54 Å². The zero-order chi connectivity index (χ0) is 14.2. The minimum atomic E-state index is 0.213. The topological polar surface area (TPSA) is 24.4 Å².